The lowest BCUT2D eigenvalue weighted by atomic mass is 10.1. The van der Waals surface area contributed by atoms with E-state index in [1.54, 1.807) is 4.68 Å². The molecule has 0 unspecified atom stereocenters. The van der Waals surface area contributed by atoms with Gasteiger partial charge in [-0.3, -0.25) is 9.48 Å². The van der Waals surface area contributed by atoms with E-state index in [9.17, 15) is 4.79 Å². The third kappa shape index (κ3) is 5.50. The summed E-state index contributed by atoms with van der Waals surface area (Å²) in [5.41, 5.74) is 1.98. The molecule has 2 rings (SSSR count). The molecular formula is C16H28N4O. The molecule has 0 radical (unpaired) electrons. The maximum absolute atomic E-state index is 11.9. The highest BCUT2D eigenvalue weighted by Crippen LogP contribution is 2.16. The maximum Gasteiger partial charge on any atom is 0.241 e. The van der Waals surface area contributed by atoms with Crippen LogP contribution in [0.15, 0.2) is 6.07 Å². The minimum Gasteiger partial charge on any atom is -0.353 e. The Morgan fingerprint density at radius 1 is 1.24 bits per heavy atom. The lowest BCUT2D eigenvalue weighted by molar-refractivity contribution is -0.121. The zero-order valence-corrected chi connectivity index (χ0v) is 13.3. The number of nitrogens with one attached hydrogen (secondary N) is 2. The predicted molar refractivity (Wildman–Crippen MR) is 84.2 cm³/mol. The molecule has 0 saturated heterocycles. The van der Waals surface area contributed by atoms with Crippen molar-refractivity contribution in [3.8, 4) is 0 Å². The molecule has 1 fully saturated rings. The molecule has 0 aliphatic heterocycles. The van der Waals surface area contributed by atoms with Crippen LogP contribution in [0.3, 0.4) is 0 Å². The van der Waals surface area contributed by atoms with Gasteiger partial charge in [0.15, 0.2) is 0 Å². The summed E-state index contributed by atoms with van der Waals surface area (Å²) >= 11 is 0. The zero-order chi connectivity index (χ0) is 15.1. The van der Waals surface area contributed by atoms with Gasteiger partial charge in [-0.25, -0.2) is 0 Å². The first-order chi connectivity index (χ1) is 10.1. The van der Waals surface area contributed by atoms with Crippen molar-refractivity contribution < 1.29 is 4.79 Å². The molecule has 0 spiro atoms. The summed E-state index contributed by atoms with van der Waals surface area (Å²) in [5.74, 6) is 0.0314. The smallest absolute Gasteiger partial charge is 0.241 e. The fraction of sp³-hybridized carbons (Fsp3) is 0.750. The van der Waals surface area contributed by atoms with Gasteiger partial charge in [0.05, 0.1) is 5.69 Å². The fourth-order valence-corrected chi connectivity index (χ4v) is 2.99. The number of aromatic nitrogens is 2. The molecule has 1 heterocycles. The molecule has 2 N–H and O–H groups in total. The SMILES string of the molecule is Cc1cc(C)n(CC(=O)NCCNC2CCCCCC2)n1. The summed E-state index contributed by atoms with van der Waals surface area (Å²) in [6.45, 7) is 5.77. The molecule has 21 heavy (non-hydrogen) atoms. The molecule has 1 aromatic heterocycles. The third-order valence-electron chi connectivity index (χ3n) is 4.13. The number of nitrogens with zero attached hydrogens (tertiary/aromatic N) is 2. The van der Waals surface area contributed by atoms with E-state index in [4.69, 9.17) is 0 Å². The Bertz CT molecular complexity index is 447. The van der Waals surface area contributed by atoms with E-state index in [0.717, 1.165) is 17.9 Å². The summed E-state index contributed by atoms with van der Waals surface area (Å²) in [6, 6.07) is 2.63. The van der Waals surface area contributed by atoms with Crippen LogP contribution in [0.5, 0.6) is 0 Å². The van der Waals surface area contributed by atoms with Gasteiger partial charge in [0.2, 0.25) is 5.91 Å². The number of carbonyl (C=O) groups is 1. The van der Waals surface area contributed by atoms with Crippen molar-refractivity contribution in [1.82, 2.24) is 20.4 Å². The van der Waals surface area contributed by atoms with Gasteiger partial charge >= 0.3 is 0 Å². The molecule has 0 bridgehead atoms. The normalized spacial score (nSPS) is 16.7. The first-order valence-corrected chi connectivity index (χ1v) is 8.16. The van der Waals surface area contributed by atoms with Crippen molar-refractivity contribution in [2.45, 2.75) is 65.0 Å². The first-order valence-electron chi connectivity index (χ1n) is 8.16. The number of amides is 1. The third-order valence-corrected chi connectivity index (χ3v) is 4.13. The Hall–Kier alpha value is -1.36. The van der Waals surface area contributed by atoms with Gasteiger partial charge < -0.3 is 10.6 Å². The summed E-state index contributed by atoms with van der Waals surface area (Å²) in [7, 11) is 0. The molecule has 5 nitrogen and oxygen atoms in total. The molecule has 1 aromatic rings. The molecule has 1 aliphatic rings. The summed E-state index contributed by atoms with van der Waals surface area (Å²) in [6.07, 6.45) is 7.97. The van der Waals surface area contributed by atoms with Gasteiger partial charge in [-0.15, -0.1) is 0 Å². The zero-order valence-electron chi connectivity index (χ0n) is 13.3. The Balaban J connectivity index is 1.61. The van der Waals surface area contributed by atoms with E-state index in [2.05, 4.69) is 15.7 Å². The molecule has 1 amide bonds. The number of hydrogen-bond donors (Lipinski definition) is 2. The van der Waals surface area contributed by atoms with Crippen molar-refractivity contribution >= 4 is 5.91 Å². The van der Waals surface area contributed by atoms with E-state index in [1.807, 2.05) is 19.9 Å². The molecule has 118 valence electrons. The lowest BCUT2D eigenvalue weighted by Gasteiger charge is -2.16. The van der Waals surface area contributed by atoms with Crippen molar-refractivity contribution in [3.05, 3.63) is 17.5 Å². The van der Waals surface area contributed by atoms with Gasteiger partial charge in [-0.05, 0) is 32.8 Å². The molecule has 0 atom stereocenters. The minimum absolute atomic E-state index is 0.0314. The largest absolute Gasteiger partial charge is 0.353 e. The Morgan fingerprint density at radius 3 is 2.57 bits per heavy atom. The van der Waals surface area contributed by atoms with Gasteiger partial charge in [-0.2, -0.15) is 5.10 Å². The van der Waals surface area contributed by atoms with Crippen LogP contribution in [0.25, 0.3) is 0 Å². The molecule has 1 saturated carbocycles. The van der Waals surface area contributed by atoms with E-state index < -0.39 is 0 Å². The van der Waals surface area contributed by atoms with Crippen molar-refractivity contribution in [1.29, 1.82) is 0 Å². The molecule has 1 aliphatic carbocycles. The van der Waals surface area contributed by atoms with Crippen LogP contribution in [0.1, 0.15) is 49.9 Å². The van der Waals surface area contributed by atoms with Gasteiger partial charge in [0, 0.05) is 24.8 Å². The summed E-state index contributed by atoms with van der Waals surface area (Å²) in [5, 5.41) is 10.8. The molecular weight excluding hydrogens is 264 g/mol. The second-order valence-electron chi connectivity index (χ2n) is 6.08. The van der Waals surface area contributed by atoms with Crippen LogP contribution >= 0.6 is 0 Å². The summed E-state index contributed by atoms with van der Waals surface area (Å²) in [4.78, 5) is 11.9. The van der Waals surface area contributed by atoms with Crippen LogP contribution in [-0.2, 0) is 11.3 Å². The Morgan fingerprint density at radius 2 is 1.95 bits per heavy atom. The molecule has 0 aromatic carbocycles. The number of carbonyl (C=O) groups excluding carboxylic acids is 1. The van der Waals surface area contributed by atoms with Gasteiger partial charge in [0.25, 0.3) is 0 Å². The Kier molecular flexibility index (Phi) is 6.23. The first kappa shape index (κ1) is 16.0. The van der Waals surface area contributed by atoms with Crippen molar-refractivity contribution in [2.24, 2.45) is 0 Å². The quantitative estimate of drug-likeness (QED) is 0.622. The highest BCUT2D eigenvalue weighted by atomic mass is 16.2. The number of hydrogen-bond acceptors (Lipinski definition) is 3. The second-order valence-corrected chi connectivity index (χ2v) is 6.08. The van der Waals surface area contributed by atoms with Crippen LogP contribution in [0, 0.1) is 13.8 Å². The average molecular weight is 292 g/mol. The van der Waals surface area contributed by atoms with Gasteiger partial charge in [-0.1, -0.05) is 25.7 Å². The summed E-state index contributed by atoms with van der Waals surface area (Å²) < 4.78 is 1.75. The minimum atomic E-state index is 0.0314. The van der Waals surface area contributed by atoms with Gasteiger partial charge in [0.1, 0.15) is 6.54 Å². The van der Waals surface area contributed by atoms with E-state index in [1.165, 1.54) is 38.5 Å². The van der Waals surface area contributed by atoms with Crippen molar-refractivity contribution in [2.75, 3.05) is 13.1 Å². The highest BCUT2D eigenvalue weighted by Gasteiger charge is 2.11. The number of aryl methyl sites for hydroxylation is 2. The van der Waals surface area contributed by atoms with Crippen LogP contribution < -0.4 is 10.6 Å². The van der Waals surface area contributed by atoms with Crippen LogP contribution in [-0.4, -0.2) is 34.8 Å². The van der Waals surface area contributed by atoms with E-state index in [-0.39, 0.29) is 5.91 Å². The van der Waals surface area contributed by atoms with Crippen molar-refractivity contribution in [3.63, 3.8) is 0 Å². The average Bonchev–Trinajstić information content (AvgIpc) is 2.67. The maximum atomic E-state index is 11.9. The van der Waals surface area contributed by atoms with Crippen LogP contribution in [0.2, 0.25) is 0 Å². The Labute approximate surface area is 127 Å². The fourth-order valence-electron chi connectivity index (χ4n) is 2.99. The topological polar surface area (TPSA) is 59.0 Å². The second kappa shape index (κ2) is 8.17. The van der Waals surface area contributed by atoms with E-state index in [0.29, 0.717) is 19.1 Å². The van der Waals surface area contributed by atoms with E-state index >= 15 is 0 Å². The molecule has 5 heteroatoms. The lowest BCUT2D eigenvalue weighted by Crippen LogP contribution is -2.38. The standard InChI is InChI=1S/C16H28N4O/c1-13-11-14(2)20(19-13)12-16(21)18-10-9-17-15-7-5-3-4-6-8-15/h11,15,17H,3-10,12H2,1-2H3,(H,18,21). The predicted octanol–water partition coefficient (Wildman–Crippen LogP) is 1.93. The highest BCUT2D eigenvalue weighted by molar-refractivity contribution is 5.75. The number of rotatable bonds is 6. The van der Waals surface area contributed by atoms with Crippen LogP contribution in [0.4, 0.5) is 0 Å². The monoisotopic (exact) mass is 292 g/mol.